The maximum atomic E-state index is 5.29. The minimum Gasteiger partial charge on any atom is -0.378 e. The Bertz CT molecular complexity index is 234. The molecule has 14 heavy (non-hydrogen) atoms. The fraction of sp³-hybridized carbons (Fsp3) is 0.545. The molecule has 0 saturated carbocycles. The molecule has 0 aliphatic carbocycles. The first-order valence-corrected chi connectivity index (χ1v) is 6.17. The van der Waals surface area contributed by atoms with E-state index in [4.69, 9.17) is 4.74 Å². The van der Waals surface area contributed by atoms with Gasteiger partial charge in [-0.2, -0.15) is 0 Å². The molecule has 1 aliphatic heterocycles. The van der Waals surface area contributed by atoms with Gasteiger partial charge in [-0.3, -0.25) is 0 Å². The number of nitrogens with zero attached hydrogens (tertiary/aromatic N) is 1. The Balaban J connectivity index is 0.000000461. The van der Waals surface area contributed by atoms with E-state index < -0.39 is 0 Å². The van der Waals surface area contributed by atoms with Gasteiger partial charge in [0, 0.05) is 13.1 Å². The second-order valence-electron chi connectivity index (χ2n) is 2.79. The predicted octanol–water partition coefficient (Wildman–Crippen LogP) is 3.13. The summed E-state index contributed by atoms with van der Waals surface area (Å²) in [6.07, 6.45) is 0. The molecule has 0 spiro atoms. The molecule has 0 N–H and O–H groups in total. The van der Waals surface area contributed by atoms with Gasteiger partial charge in [0.2, 0.25) is 0 Å². The third kappa shape index (κ3) is 3.28. The van der Waals surface area contributed by atoms with Crippen LogP contribution in [-0.4, -0.2) is 26.3 Å². The molecule has 1 aliphatic rings. The summed E-state index contributed by atoms with van der Waals surface area (Å²) in [4.78, 5) is 2.39. The summed E-state index contributed by atoms with van der Waals surface area (Å²) in [6.45, 7) is 7.83. The van der Waals surface area contributed by atoms with E-state index in [1.165, 1.54) is 13.6 Å². The summed E-state index contributed by atoms with van der Waals surface area (Å²) < 4.78 is 5.29. The summed E-state index contributed by atoms with van der Waals surface area (Å²) >= 11 is 0. The van der Waals surface area contributed by atoms with Crippen molar-refractivity contribution >= 4 is 13.6 Å². The van der Waals surface area contributed by atoms with Crippen LogP contribution < -0.4 is 4.90 Å². The smallest absolute Gasteiger partial charge is 0.0644 e. The highest BCUT2D eigenvalue weighted by Gasteiger charge is 2.09. The minimum absolute atomic E-state index is 0.872. The van der Waals surface area contributed by atoms with E-state index in [1.54, 1.807) is 0 Å². The van der Waals surface area contributed by atoms with Crippen molar-refractivity contribution in [2.75, 3.05) is 31.2 Å². The number of anilines is 1. The zero-order valence-corrected chi connectivity index (χ0v) is 9.83. The van der Waals surface area contributed by atoms with Crippen LogP contribution in [0.1, 0.15) is 13.8 Å². The molecular formula is C11H18NOP. The molecule has 0 radical (unpaired) electrons. The highest BCUT2D eigenvalue weighted by Crippen LogP contribution is 2.24. The topological polar surface area (TPSA) is 12.5 Å². The standard InChI is InChI=1S/C9H12NOP.C2H6/c1-2-8-12-9(3-1)10-4-6-11-7-5-10;1-2/h1-3,8H,4-7H2;1-2H3. The molecule has 2 heterocycles. The average molecular weight is 211 g/mol. The van der Waals surface area contributed by atoms with Crippen LogP contribution in [0.2, 0.25) is 0 Å². The highest BCUT2D eigenvalue weighted by molar-refractivity contribution is 7.33. The second kappa shape index (κ2) is 6.80. The van der Waals surface area contributed by atoms with Gasteiger partial charge in [0.25, 0.3) is 0 Å². The molecular weight excluding hydrogens is 193 g/mol. The Morgan fingerprint density at radius 3 is 2.50 bits per heavy atom. The quantitative estimate of drug-likeness (QED) is 0.707. The van der Waals surface area contributed by atoms with Crippen molar-refractivity contribution in [1.82, 2.24) is 0 Å². The molecule has 0 amide bonds. The molecule has 1 saturated heterocycles. The van der Waals surface area contributed by atoms with Gasteiger partial charge in [-0.05, 0) is 11.9 Å². The molecule has 78 valence electrons. The Kier molecular flexibility index (Phi) is 5.58. The van der Waals surface area contributed by atoms with Crippen molar-refractivity contribution in [3.63, 3.8) is 0 Å². The Hall–Kier alpha value is -0.590. The zero-order valence-electron chi connectivity index (χ0n) is 8.94. The van der Waals surface area contributed by atoms with Gasteiger partial charge in [-0.1, -0.05) is 34.2 Å². The van der Waals surface area contributed by atoms with E-state index in [2.05, 4.69) is 28.9 Å². The first-order valence-electron chi connectivity index (χ1n) is 5.20. The molecule has 0 atom stereocenters. The highest BCUT2D eigenvalue weighted by atomic mass is 31.0. The van der Waals surface area contributed by atoms with Crippen molar-refractivity contribution in [2.24, 2.45) is 0 Å². The van der Waals surface area contributed by atoms with E-state index in [0.29, 0.717) is 0 Å². The number of morpholine rings is 1. The van der Waals surface area contributed by atoms with E-state index in [-0.39, 0.29) is 0 Å². The Labute approximate surface area is 88.0 Å². The van der Waals surface area contributed by atoms with Gasteiger partial charge in [0.1, 0.15) is 0 Å². The third-order valence-corrected chi connectivity index (χ3v) is 3.00. The van der Waals surface area contributed by atoms with Gasteiger partial charge < -0.3 is 9.64 Å². The lowest BCUT2D eigenvalue weighted by atomic mass is 10.4. The number of ether oxygens (including phenoxy) is 1. The Morgan fingerprint density at radius 2 is 1.93 bits per heavy atom. The zero-order chi connectivity index (χ0) is 10.2. The van der Waals surface area contributed by atoms with E-state index in [9.17, 15) is 0 Å². The second-order valence-corrected chi connectivity index (χ2v) is 3.80. The van der Waals surface area contributed by atoms with Gasteiger partial charge in [0.05, 0.1) is 18.6 Å². The lowest BCUT2D eigenvalue weighted by Gasteiger charge is -2.28. The maximum absolute atomic E-state index is 5.29. The van der Waals surface area contributed by atoms with Crippen LogP contribution in [0.25, 0.3) is 0 Å². The number of rotatable bonds is 1. The van der Waals surface area contributed by atoms with Crippen LogP contribution in [0.5, 0.6) is 0 Å². The third-order valence-electron chi connectivity index (χ3n) is 1.98. The van der Waals surface area contributed by atoms with Gasteiger partial charge in [0.15, 0.2) is 0 Å². The first-order chi connectivity index (χ1) is 6.97. The minimum atomic E-state index is 0.872. The van der Waals surface area contributed by atoms with Crippen molar-refractivity contribution in [3.05, 3.63) is 24.0 Å². The number of hydrogen-bond acceptors (Lipinski definition) is 2. The summed E-state index contributed by atoms with van der Waals surface area (Å²) in [5.41, 5.74) is 1.40. The monoisotopic (exact) mass is 211 g/mol. The average Bonchev–Trinajstić information content (AvgIpc) is 2.34. The fourth-order valence-corrected chi connectivity index (χ4v) is 2.21. The Morgan fingerprint density at radius 1 is 1.21 bits per heavy atom. The summed E-state index contributed by atoms with van der Waals surface area (Å²) in [5, 5.41) is 0. The first kappa shape index (κ1) is 11.5. The molecule has 2 nitrogen and oxygen atoms in total. The van der Waals surface area contributed by atoms with E-state index in [1.807, 2.05) is 13.8 Å². The molecule has 1 aromatic rings. The van der Waals surface area contributed by atoms with Crippen molar-refractivity contribution in [2.45, 2.75) is 13.8 Å². The molecule has 0 aromatic carbocycles. The lowest BCUT2D eigenvalue weighted by Crippen LogP contribution is -2.35. The summed E-state index contributed by atoms with van der Waals surface area (Å²) in [5.74, 6) is 2.17. The van der Waals surface area contributed by atoms with Crippen molar-refractivity contribution in [3.8, 4) is 0 Å². The molecule has 2 rings (SSSR count). The van der Waals surface area contributed by atoms with Crippen molar-refractivity contribution in [1.29, 1.82) is 0 Å². The van der Waals surface area contributed by atoms with Crippen LogP contribution >= 0.6 is 8.19 Å². The molecule has 1 aromatic heterocycles. The largest absolute Gasteiger partial charge is 0.378 e. The maximum Gasteiger partial charge on any atom is 0.0644 e. The van der Waals surface area contributed by atoms with Gasteiger partial charge >= 0.3 is 0 Å². The summed E-state index contributed by atoms with van der Waals surface area (Å²) in [6, 6.07) is 6.37. The van der Waals surface area contributed by atoms with Crippen molar-refractivity contribution < 1.29 is 4.74 Å². The number of hydrogen-bond donors (Lipinski definition) is 0. The molecule has 0 bridgehead atoms. The van der Waals surface area contributed by atoms with Crippen LogP contribution in [0.4, 0.5) is 5.42 Å². The van der Waals surface area contributed by atoms with Gasteiger partial charge in [-0.25, -0.2) is 0 Å². The SMILES string of the molecule is CC.c1ccc(N2CCOCC2)pc1. The van der Waals surface area contributed by atoms with Gasteiger partial charge in [-0.15, -0.1) is 0 Å². The molecule has 0 unspecified atom stereocenters. The van der Waals surface area contributed by atoms with Crippen LogP contribution in [-0.2, 0) is 4.74 Å². The van der Waals surface area contributed by atoms with E-state index >= 15 is 0 Å². The predicted molar refractivity (Wildman–Crippen MR) is 63.3 cm³/mol. The molecule has 1 fully saturated rings. The fourth-order valence-electron chi connectivity index (χ4n) is 1.33. The van der Waals surface area contributed by atoms with E-state index in [0.717, 1.165) is 26.3 Å². The van der Waals surface area contributed by atoms with Crippen LogP contribution in [0.15, 0.2) is 24.0 Å². The lowest BCUT2D eigenvalue weighted by molar-refractivity contribution is 0.123. The normalized spacial score (nSPS) is 16.3. The summed E-state index contributed by atoms with van der Waals surface area (Å²) in [7, 11) is 1.32. The molecule has 3 heteroatoms. The van der Waals surface area contributed by atoms with Crippen LogP contribution in [0.3, 0.4) is 0 Å². The van der Waals surface area contributed by atoms with Crippen LogP contribution in [0, 0.1) is 0 Å².